The van der Waals surface area contributed by atoms with Crippen molar-refractivity contribution in [2.24, 2.45) is 11.7 Å². The number of amides is 2. The van der Waals surface area contributed by atoms with E-state index in [2.05, 4.69) is 5.32 Å². The van der Waals surface area contributed by atoms with E-state index in [1.54, 1.807) is 12.0 Å². The van der Waals surface area contributed by atoms with Crippen LogP contribution in [0.25, 0.3) is 10.4 Å². The van der Waals surface area contributed by atoms with Crippen LogP contribution in [0.15, 0.2) is 36.4 Å². The summed E-state index contributed by atoms with van der Waals surface area (Å²) in [6, 6.07) is 11.8. The quantitative estimate of drug-likeness (QED) is 0.797. The summed E-state index contributed by atoms with van der Waals surface area (Å²) in [6.45, 7) is 1.95. The molecule has 0 spiro atoms. The third kappa shape index (κ3) is 4.48. The van der Waals surface area contributed by atoms with E-state index < -0.39 is 0 Å². The van der Waals surface area contributed by atoms with E-state index in [0.29, 0.717) is 36.8 Å². The lowest BCUT2D eigenvalue weighted by molar-refractivity contribution is -0.126. The van der Waals surface area contributed by atoms with Crippen molar-refractivity contribution < 1.29 is 14.3 Å². The maximum Gasteiger partial charge on any atom is 0.267 e. The number of hydrogen-bond donors (Lipinski definition) is 2. The highest BCUT2D eigenvalue weighted by atomic mass is 32.1. The van der Waals surface area contributed by atoms with Crippen LogP contribution in [0.5, 0.6) is 5.75 Å². The number of methoxy groups -OCH3 is 1. The zero-order chi connectivity index (χ0) is 19.2. The van der Waals surface area contributed by atoms with Crippen LogP contribution in [-0.4, -0.2) is 50.0 Å². The van der Waals surface area contributed by atoms with Gasteiger partial charge in [-0.05, 0) is 24.5 Å². The van der Waals surface area contributed by atoms with Crippen LogP contribution >= 0.6 is 11.3 Å². The lowest BCUT2D eigenvalue weighted by Crippen LogP contribution is -2.46. The summed E-state index contributed by atoms with van der Waals surface area (Å²) < 4.78 is 5.46. The van der Waals surface area contributed by atoms with Crippen LogP contribution in [-0.2, 0) is 4.79 Å². The Labute approximate surface area is 163 Å². The highest BCUT2D eigenvalue weighted by molar-refractivity contribution is 7.17. The Bertz CT molecular complexity index is 791. The van der Waals surface area contributed by atoms with E-state index in [9.17, 15) is 9.59 Å². The Balaban J connectivity index is 1.77. The number of carbonyl (C=O) groups excluding carboxylic acids is 2. The number of hydrogen-bond acceptors (Lipinski definition) is 5. The number of likely N-dealkylation sites (tertiary alicyclic amines) is 1. The van der Waals surface area contributed by atoms with E-state index in [-0.39, 0.29) is 17.7 Å². The Hall–Kier alpha value is -2.38. The molecule has 2 aromatic rings. The summed E-state index contributed by atoms with van der Waals surface area (Å²) in [5.74, 6) is 0.295. The fraction of sp³-hybridized carbons (Fsp3) is 0.400. The van der Waals surface area contributed by atoms with Crippen molar-refractivity contribution in [3.05, 3.63) is 41.3 Å². The Morgan fingerprint density at radius 3 is 2.81 bits per heavy atom. The van der Waals surface area contributed by atoms with Gasteiger partial charge in [-0.2, -0.15) is 0 Å². The van der Waals surface area contributed by atoms with Crippen LogP contribution in [0.3, 0.4) is 0 Å². The molecule has 1 aliphatic rings. The first-order valence-electron chi connectivity index (χ1n) is 9.14. The summed E-state index contributed by atoms with van der Waals surface area (Å²) in [5.41, 5.74) is 6.50. The van der Waals surface area contributed by atoms with Crippen molar-refractivity contribution in [1.29, 1.82) is 0 Å². The van der Waals surface area contributed by atoms with E-state index in [0.717, 1.165) is 23.3 Å². The summed E-state index contributed by atoms with van der Waals surface area (Å²) in [5, 5.41) is 2.83. The minimum Gasteiger partial charge on any atom is -0.495 e. The maximum absolute atomic E-state index is 13.1. The maximum atomic E-state index is 13.1. The van der Waals surface area contributed by atoms with Gasteiger partial charge in [0.05, 0.1) is 13.0 Å². The molecule has 7 heteroatoms. The third-order valence-corrected chi connectivity index (χ3v) is 5.85. The molecule has 3 rings (SSSR count). The van der Waals surface area contributed by atoms with Crippen LogP contribution in [0.4, 0.5) is 0 Å². The standard InChI is InChI=1S/C20H25N3O3S/c1-26-16-12-17(14-6-3-2-4-7-14)27-18(16)20(25)23-11-5-8-15(13-23)19(24)22-10-9-21/h2-4,6-7,12,15H,5,8-11,13,21H2,1H3,(H,22,24). The molecule has 0 bridgehead atoms. The number of nitrogens with zero attached hydrogens (tertiary/aromatic N) is 1. The smallest absolute Gasteiger partial charge is 0.267 e. The number of rotatable bonds is 6. The predicted molar refractivity (Wildman–Crippen MR) is 107 cm³/mol. The van der Waals surface area contributed by atoms with Crippen LogP contribution in [0, 0.1) is 5.92 Å². The molecular formula is C20H25N3O3S. The SMILES string of the molecule is COc1cc(-c2ccccc2)sc1C(=O)N1CCCC(C(=O)NCCN)C1. The van der Waals surface area contributed by atoms with Crippen LogP contribution in [0.2, 0.25) is 0 Å². The number of piperidine rings is 1. The van der Waals surface area contributed by atoms with Crippen LogP contribution < -0.4 is 15.8 Å². The van der Waals surface area contributed by atoms with Gasteiger partial charge in [0.1, 0.15) is 10.6 Å². The van der Waals surface area contributed by atoms with E-state index in [1.807, 2.05) is 36.4 Å². The monoisotopic (exact) mass is 387 g/mol. The molecule has 0 aliphatic carbocycles. The van der Waals surface area contributed by atoms with Gasteiger partial charge in [0.2, 0.25) is 5.91 Å². The zero-order valence-corrected chi connectivity index (χ0v) is 16.3. The molecule has 6 nitrogen and oxygen atoms in total. The second kappa shape index (κ2) is 9.01. The van der Waals surface area contributed by atoms with E-state index in [1.165, 1.54) is 11.3 Å². The lowest BCUT2D eigenvalue weighted by atomic mass is 9.97. The Kier molecular flexibility index (Phi) is 6.47. The normalized spacial score (nSPS) is 16.8. The molecule has 2 heterocycles. The fourth-order valence-electron chi connectivity index (χ4n) is 3.28. The number of nitrogens with two attached hydrogens (primary N) is 1. The van der Waals surface area contributed by atoms with Crippen molar-refractivity contribution >= 4 is 23.2 Å². The van der Waals surface area contributed by atoms with Gasteiger partial charge in [-0.3, -0.25) is 9.59 Å². The molecule has 1 aromatic carbocycles. The lowest BCUT2D eigenvalue weighted by Gasteiger charge is -2.31. The van der Waals surface area contributed by atoms with Crippen molar-refractivity contribution in [3.63, 3.8) is 0 Å². The van der Waals surface area contributed by atoms with Gasteiger partial charge in [-0.1, -0.05) is 30.3 Å². The van der Waals surface area contributed by atoms with E-state index in [4.69, 9.17) is 10.5 Å². The molecule has 0 saturated carbocycles. The summed E-state index contributed by atoms with van der Waals surface area (Å²) in [4.78, 5) is 28.7. The van der Waals surface area contributed by atoms with Crippen molar-refractivity contribution in [3.8, 4) is 16.2 Å². The van der Waals surface area contributed by atoms with Crippen molar-refractivity contribution in [2.75, 3.05) is 33.3 Å². The first-order valence-corrected chi connectivity index (χ1v) is 9.96. The van der Waals surface area contributed by atoms with Gasteiger partial charge < -0.3 is 20.7 Å². The summed E-state index contributed by atoms with van der Waals surface area (Å²) >= 11 is 1.43. The molecular weight excluding hydrogens is 362 g/mol. The van der Waals surface area contributed by atoms with Gasteiger partial charge in [-0.25, -0.2) is 0 Å². The van der Waals surface area contributed by atoms with E-state index >= 15 is 0 Å². The average Bonchev–Trinajstić information content (AvgIpc) is 3.16. The molecule has 0 radical (unpaired) electrons. The Morgan fingerprint density at radius 2 is 2.11 bits per heavy atom. The summed E-state index contributed by atoms with van der Waals surface area (Å²) in [7, 11) is 1.58. The minimum absolute atomic E-state index is 0.0268. The summed E-state index contributed by atoms with van der Waals surface area (Å²) in [6.07, 6.45) is 1.60. The molecule has 1 unspecified atom stereocenters. The molecule has 3 N–H and O–H groups in total. The molecule has 1 aliphatic heterocycles. The first kappa shape index (κ1) is 19.4. The Morgan fingerprint density at radius 1 is 1.33 bits per heavy atom. The molecule has 1 atom stereocenters. The highest BCUT2D eigenvalue weighted by Gasteiger charge is 2.31. The number of thiophene rings is 1. The van der Waals surface area contributed by atoms with Crippen LogP contribution in [0.1, 0.15) is 22.5 Å². The molecule has 1 fully saturated rings. The van der Waals surface area contributed by atoms with Gasteiger partial charge in [0.15, 0.2) is 0 Å². The largest absolute Gasteiger partial charge is 0.495 e. The predicted octanol–water partition coefficient (Wildman–Crippen LogP) is 2.35. The zero-order valence-electron chi connectivity index (χ0n) is 15.4. The first-order chi connectivity index (χ1) is 13.1. The van der Waals surface area contributed by atoms with Gasteiger partial charge in [0.25, 0.3) is 5.91 Å². The topological polar surface area (TPSA) is 84.7 Å². The fourth-order valence-corrected chi connectivity index (χ4v) is 4.38. The minimum atomic E-state index is -0.186. The number of nitrogens with one attached hydrogen (secondary N) is 1. The molecule has 2 amide bonds. The second-order valence-electron chi connectivity index (χ2n) is 6.54. The van der Waals surface area contributed by atoms with Gasteiger partial charge in [-0.15, -0.1) is 11.3 Å². The molecule has 27 heavy (non-hydrogen) atoms. The molecule has 1 saturated heterocycles. The highest BCUT2D eigenvalue weighted by Crippen LogP contribution is 2.37. The second-order valence-corrected chi connectivity index (χ2v) is 7.60. The average molecular weight is 388 g/mol. The number of benzene rings is 1. The molecule has 1 aromatic heterocycles. The van der Waals surface area contributed by atoms with Gasteiger partial charge >= 0.3 is 0 Å². The third-order valence-electron chi connectivity index (χ3n) is 4.69. The molecule has 144 valence electrons. The van der Waals surface area contributed by atoms with Crippen molar-refractivity contribution in [1.82, 2.24) is 10.2 Å². The van der Waals surface area contributed by atoms with Gasteiger partial charge in [0, 0.05) is 31.1 Å². The number of ether oxygens (including phenoxy) is 1. The number of carbonyl (C=O) groups is 2. The van der Waals surface area contributed by atoms with Crippen molar-refractivity contribution in [2.45, 2.75) is 12.8 Å².